The lowest BCUT2D eigenvalue weighted by Crippen LogP contribution is -2.25. The molecule has 2 aromatic heterocycles. The minimum atomic E-state index is -0.282. The largest absolute Gasteiger partial charge is 0.481 e. The monoisotopic (exact) mass is 276 g/mol. The number of aryl methyl sites for hydroxylation is 1. The van der Waals surface area contributed by atoms with Crippen molar-refractivity contribution in [3.8, 4) is 5.88 Å². The maximum absolute atomic E-state index is 12.0. The lowest BCUT2D eigenvalue weighted by Gasteiger charge is -2.07. The molecule has 0 unspecified atom stereocenters. The minimum Gasteiger partial charge on any atom is -0.481 e. The van der Waals surface area contributed by atoms with Gasteiger partial charge in [-0.25, -0.2) is 4.68 Å². The van der Waals surface area contributed by atoms with Gasteiger partial charge >= 0.3 is 0 Å². The molecular formula is C12H16N6O2. The highest BCUT2D eigenvalue weighted by Crippen LogP contribution is 2.13. The van der Waals surface area contributed by atoms with Crippen molar-refractivity contribution in [3.63, 3.8) is 0 Å². The fraction of sp³-hybridized carbons (Fsp3) is 0.250. The van der Waals surface area contributed by atoms with Crippen molar-refractivity contribution in [2.24, 2.45) is 12.9 Å². The number of ether oxygens (including phenoxy) is 1. The highest BCUT2D eigenvalue weighted by atomic mass is 16.5. The van der Waals surface area contributed by atoms with Crippen molar-refractivity contribution in [1.29, 1.82) is 0 Å². The molecule has 0 aliphatic rings. The van der Waals surface area contributed by atoms with E-state index in [0.29, 0.717) is 22.8 Å². The number of nitrogens with two attached hydrogens (primary N) is 1. The smallest absolute Gasteiger partial charge is 0.255 e. The number of aromatic nitrogens is 3. The number of anilines is 1. The number of carbonyl (C=O) groups excluding carboxylic acids is 1. The van der Waals surface area contributed by atoms with Gasteiger partial charge in [0.15, 0.2) is 0 Å². The van der Waals surface area contributed by atoms with E-state index in [1.165, 1.54) is 6.20 Å². The van der Waals surface area contributed by atoms with Crippen LogP contribution < -0.4 is 21.3 Å². The van der Waals surface area contributed by atoms with E-state index in [4.69, 9.17) is 10.6 Å². The zero-order valence-electron chi connectivity index (χ0n) is 11.3. The molecule has 0 fully saturated rings. The Morgan fingerprint density at radius 1 is 1.55 bits per heavy atom. The van der Waals surface area contributed by atoms with Gasteiger partial charge in [0.25, 0.3) is 5.91 Å². The first kappa shape index (κ1) is 13.8. The van der Waals surface area contributed by atoms with Crippen molar-refractivity contribution in [2.75, 3.05) is 12.5 Å². The Labute approximate surface area is 115 Å². The van der Waals surface area contributed by atoms with Crippen LogP contribution in [0.1, 0.15) is 16.1 Å². The van der Waals surface area contributed by atoms with Crippen LogP contribution in [0.4, 0.5) is 5.69 Å². The molecule has 0 radical (unpaired) electrons. The van der Waals surface area contributed by atoms with E-state index in [1.54, 1.807) is 37.2 Å². The lowest BCUT2D eigenvalue weighted by molar-refractivity contribution is 0.0950. The Hall–Kier alpha value is -2.61. The van der Waals surface area contributed by atoms with Crippen LogP contribution in [-0.2, 0) is 13.6 Å². The van der Waals surface area contributed by atoms with Gasteiger partial charge in [0, 0.05) is 25.5 Å². The average Bonchev–Trinajstić information content (AvgIpc) is 2.85. The number of amides is 1. The molecule has 20 heavy (non-hydrogen) atoms. The second-order valence-electron chi connectivity index (χ2n) is 4.05. The number of hydrogen-bond acceptors (Lipinski definition) is 6. The Morgan fingerprint density at radius 3 is 3.00 bits per heavy atom. The highest BCUT2D eigenvalue weighted by molar-refractivity contribution is 5.99. The molecule has 2 rings (SSSR count). The second-order valence-corrected chi connectivity index (χ2v) is 4.05. The summed E-state index contributed by atoms with van der Waals surface area (Å²) in [5, 5.41) is 6.96. The number of hydrogen-bond donors (Lipinski definition) is 3. The SMILES string of the molecule is COc1cc(CNC(=O)c2cnccc2NN)nn1C. The summed E-state index contributed by atoms with van der Waals surface area (Å²) in [5.41, 5.74) is 4.04. The summed E-state index contributed by atoms with van der Waals surface area (Å²) in [6, 6.07) is 3.38. The summed E-state index contributed by atoms with van der Waals surface area (Å²) >= 11 is 0. The molecule has 8 heteroatoms. The standard InChI is InChI=1S/C12H16N6O2/c1-18-11(20-2)5-8(17-18)6-15-12(19)9-7-14-4-3-10(9)16-13/h3-5,7H,6,13H2,1-2H3,(H,14,16)(H,15,19). The van der Waals surface area contributed by atoms with E-state index in [2.05, 4.69) is 20.8 Å². The number of rotatable bonds is 5. The quantitative estimate of drug-likeness (QED) is 0.526. The van der Waals surface area contributed by atoms with Crippen molar-refractivity contribution in [1.82, 2.24) is 20.1 Å². The zero-order valence-corrected chi connectivity index (χ0v) is 11.3. The van der Waals surface area contributed by atoms with E-state index in [9.17, 15) is 4.79 Å². The zero-order chi connectivity index (χ0) is 14.5. The molecule has 4 N–H and O–H groups in total. The third kappa shape index (κ3) is 2.86. The van der Waals surface area contributed by atoms with Gasteiger partial charge in [0.2, 0.25) is 5.88 Å². The van der Waals surface area contributed by atoms with Crippen LogP contribution in [0.5, 0.6) is 5.88 Å². The lowest BCUT2D eigenvalue weighted by atomic mass is 10.2. The van der Waals surface area contributed by atoms with Crippen molar-refractivity contribution in [2.45, 2.75) is 6.54 Å². The molecule has 2 aromatic rings. The third-order valence-electron chi connectivity index (χ3n) is 2.75. The van der Waals surface area contributed by atoms with E-state index in [0.717, 1.165) is 0 Å². The molecule has 0 aliphatic carbocycles. The summed E-state index contributed by atoms with van der Waals surface area (Å²) in [6.45, 7) is 0.287. The number of methoxy groups -OCH3 is 1. The molecule has 0 aliphatic heterocycles. The van der Waals surface area contributed by atoms with E-state index < -0.39 is 0 Å². The normalized spacial score (nSPS) is 10.2. The van der Waals surface area contributed by atoms with Crippen LogP contribution >= 0.6 is 0 Å². The highest BCUT2D eigenvalue weighted by Gasteiger charge is 2.12. The van der Waals surface area contributed by atoms with Gasteiger partial charge in [0.05, 0.1) is 30.6 Å². The first-order chi connectivity index (χ1) is 9.65. The maximum Gasteiger partial charge on any atom is 0.255 e. The van der Waals surface area contributed by atoms with E-state index in [1.807, 2.05) is 0 Å². The van der Waals surface area contributed by atoms with Crippen LogP contribution in [0, 0.1) is 0 Å². The predicted octanol–water partition coefficient (Wildman–Crippen LogP) is 0.0393. The molecule has 0 aromatic carbocycles. The number of hydrazine groups is 1. The summed E-state index contributed by atoms with van der Waals surface area (Å²) < 4.78 is 6.70. The first-order valence-electron chi connectivity index (χ1n) is 5.91. The molecule has 0 bridgehead atoms. The second kappa shape index (κ2) is 6.02. The summed E-state index contributed by atoms with van der Waals surface area (Å²) in [5.74, 6) is 5.69. The molecule has 0 atom stereocenters. The Bertz CT molecular complexity index is 610. The number of pyridine rings is 1. The summed E-state index contributed by atoms with van der Waals surface area (Å²) in [4.78, 5) is 16.0. The Morgan fingerprint density at radius 2 is 2.35 bits per heavy atom. The minimum absolute atomic E-state index is 0.282. The Balaban J connectivity index is 2.04. The Kier molecular flexibility index (Phi) is 4.16. The summed E-state index contributed by atoms with van der Waals surface area (Å²) in [7, 11) is 3.33. The first-order valence-corrected chi connectivity index (χ1v) is 5.91. The molecule has 0 saturated carbocycles. The van der Waals surface area contributed by atoms with Gasteiger partial charge in [-0.2, -0.15) is 5.10 Å². The van der Waals surface area contributed by atoms with Crippen molar-refractivity contribution in [3.05, 3.63) is 35.8 Å². The van der Waals surface area contributed by atoms with Gasteiger partial charge in [-0.3, -0.25) is 15.6 Å². The number of nitrogens with zero attached hydrogens (tertiary/aromatic N) is 3. The van der Waals surface area contributed by atoms with Crippen LogP contribution in [0.15, 0.2) is 24.5 Å². The fourth-order valence-electron chi connectivity index (χ4n) is 1.75. The van der Waals surface area contributed by atoms with Gasteiger partial charge < -0.3 is 15.5 Å². The van der Waals surface area contributed by atoms with Crippen LogP contribution in [0.3, 0.4) is 0 Å². The van der Waals surface area contributed by atoms with E-state index in [-0.39, 0.29) is 12.5 Å². The molecule has 0 spiro atoms. The van der Waals surface area contributed by atoms with Crippen LogP contribution in [0.2, 0.25) is 0 Å². The maximum atomic E-state index is 12.0. The molecule has 0 saturated heterocycles. The van der Waals surface area contributed by atoms with Gasteiger partial charge in [0.1, 0.15) is 0 Å². The van der Waals surface area contributed by atoms with Gasteiger partial charge in [-0.15, -0.1) is 0 Å². The van der Waals surface area contributed by atoms with Gasteiger partial charge in [-0.05, 0) is 6.07 Å². The molecule has 1 amide bonds. The average molecular weight is 276 g/mol. The summed E-state index contributed by atoms with van der Waals surface area (Å²) in [6.07, 6.45) is 3.00. The van der Waals surface area contributed by atoms with E-state index >= 15 is 0 Å². The number of carbonyl (C=O) groups is 1. The molecule has 8 nitrogen and oxygen atoms in total. The topological polar surface area (TPSA) is 107 Å². The van der Waals surface area contributed by atoms with Gasteiger partial charge in [-0.1, -0.05) is 0 Å². The molecule has 2 heterocycles. The van der Waals surface area contributed by atoms with Crippen molar-refractivity contribution < 1.29 is 9.53 Å². The third-order valence-corrected chi connectivity index (χ3v) is 2.75. The molecule has 106 valence electrons. The predicted molar refractivity (Wildman–Crippen MR) is 73.0 cm³/mol. The van der Waals surface area contributed by atoms with Crippen LogP contribution in [-0.4, -0.2) is 27.8 Å². The number of nitrogen functional groups attached to an aromatic ring is 1. The molecular weight excluding hydrogens is 260 g/mol. The van der Waals surface area contributed by atoms with Crippen molar-refractivity contribution >= 4 is 11.6 Å². The number of nitrogens with one attached hydrogen (secondary N) is 2. The van der Waals surface area contributed by atoms with Crippen LogP contribution in [0.25, 0.3) is 0 Å². The fourth-order valence-corrected chi connectivity index (χ4v) is 1.75.